The minimum absolute atomic E-state index is 0.310. The van der Waals surface area contributed by atoms with E-state index in [0.29, 0.717) is 5.56 Å². The molecule has 2 rings (SSSR count). The molecular formula is C13H13NO2. The van der Waals surface area contributed by atoms with Gasteiger partial charge in [-0.25, -0.2) is 4.79 Å². The highest BCUT2D eigenvalue weighted by Gasteiger charge is 2.07. The molecule has 1 aromatic heterocycles. The van der Waals surface area contributed by atoms with Crippen LogP contribution >= 0.6 is 0 Å². The van der Waals surface area contributed by atoms with Crippen LogP contribution in [0.4, 0.5) is 0 Å². The zero-order valence-corrected chi connectivity index (χ0v) is 9.07. The summed E-state index contributed by atoms with van der Waals surface area (Å²) in [6.07, 6.45) is 2.46. The van der Waals surface area contributed by atoms with E-state index in [1.807, 2.05) is 24.3 Å². The van der Waals surface area contributed by atoms with E-state index in [-0.39, 0.29) is 5.97 Å². The molecule has 1 aromatic carbocycles. The predicted octanol–water partition coefficient (Wildman–Crippen LogP) is 2.39. The molecule has 0 atom stereocenters. The van der Waals surface area contributed by atoms with Crippen molar-refractivity contribution in [2.75, 3.05) is 7.11 Å². The Balaban J connectivity index is 2.12. The molecule has 0 fully saturated rings. The van der Waals surface area contributed by atoms with Crippen molar-refractivity contribution >= 4 is 5.97 Å². The Morgan fingerprint density at radius 1 is 1.31 bits per heavy atom. The number of methoxy groups -OCH3 is 1. The molecule has 0 aliphatic carbocycles. The Morgan fingerprint density at radius 2 is 2.06 bits per heavy atom. The second-order valence-electron chi connectivity index (χ2n) is 3.57. The van der Waals surface area contributed by atoms with Crippen LogP contribution in [0.5, 0.6) is 0 Å². The number of aromatic nitrogens is 1. The normalized spacial score (nSPS) is 10.1. The zero-order chi connectivity index (χ0) is 11.4. The van der Waals surface area contributed by atoms with Crippen molar-refractivity contribution in [1.29, 1.82) is 0 Å². The molecule has 3 nitrogen and oxygen atoms in total. The van der Waals surface area contributed by atoms with Gasteiger partial charge in [0.25, 0.3) is 0 Å². The second-order valence-corrected chi connectivity index (χ2v) is 3.57. The molecule has 0 aliphatic heterocycles. The summed E-state index contributed by atoms with van der Waals surface area (Å²) in [5.74, 6) is -0.310. The van der Waals surface area contributed by atoms with Gasteiger partial charge in [-0.15, -0.1) is 0 Å². The molecule has 0 aliphatic rings. The zero-order valence-electron chi connectivity index (χ0n) is 9.07. The quantitative estimate of drug-likeness (QED) is 0.799. The number of H-pyrrole nitrogens is 1. The highest BCUT2D eigenvalue weighted by molar-refractivity contribution is 5.89. The highest BCUT2D eigenvalue weighted by atomic mass is 16.5. The van der Waals surface area contributed by atoms with Crippen LogP contribution in [-0.2, 0) is 11.2 Å². The average molecular weight is 215 g/mol. The van der Waals surface area contributed by atoms with E-state index in [4.69, 9.17) is 0 Å². The van der Waals surface area contributed by atoms with Crippen molar-refractivity contribution in [2.45, 2.75) is 6.42 Å². The first-order valence-corrected chi connectivity index (χ1v) is 5.09. The van der Waals surface area contributed by atoms with Gasteiger partial charge in [0.15, 0.2) is 0 Å². The van der Waals surface area contributed by atoms with Crippen LogP contribution in [0.2, 0.25) is 0 Å². The van der Waals surface area contributed by atoms with Crippen molar-refractivity contribution < 1.29 is 9.53 Å². The number of hydrogen-bond acceptors (Lipinski definition) is 2. The number of carbonyl (C=O) groups is 1. The first kappa shape index (κ1) is 10.5. The highest BCUT2D eigenvalue weighted by Crippen LogP contribution is 2.10. The Morgan fingerprint density at radius 3 is 2.75 bits per heavy atom. The van der Waals surface area contributed by atoms with Crippen molar-refractivity contribution in [3.63, 3.8) is 0 Å². The van der Waals surface area contributed by atoms with Crippen LogP contribution in [0.15, 0.2) is 42.6 Å². The van der Waals surface area contributed by atoms with Crippen LogP contribution in [0.25, 0.3) is 0 Å². The second kappa shape index (κ2) is 4.66. The molecule has 2 aromatic rings. The van der Waals surface area contributed by atoms with Crippen molar-refractivity contribution in [1.82, 2.24) is 4.98 Å². The van der Waals surface area contributed by atoms with E-state index in [1.165, 1.54) is 12.7 Å². The lowest BCUT2D eigenvalue weighted by atomic mass is 10.1. The van der Waals surface area contributed by atoms with E-state index < -0.39 is 0 Å². The Kier molecular flexibility index (Phi) is 3.05. The number of ether oxygens (including phenoxy) is 1. The largest absolute Gasteiger partial charge is 0.465 e. The number of hydrogen-bond donors (Lipinski definition) is 1. The van der Waals surface area contributed by atoms with Crippen LogP contribution < -0.4 is 0 Å². The average Bonchev–Trinajstić information content (AvgIpc) is 2.78. The molecule has 0 amide bonds. The van der Waals surface area contributed by atoms with E-state index >= 15 is 0 Å². The molecule has 0 saturated heterocycles. The van der Waals surface area contributed by atoms with Gasteiger partial charge in [0.2, 0.25) is 0 Å². The van der Waals surface area contributed by atoms with Crippen molar-refractivity contribution in [3.05, 3.63) is 59.4 Å². The van der Waals surface area contributed by atoms with Gasteiger partial charge in [-0.1, -0.05) is 30.3 Å². The molecule has 0 saturated carbocycles. The Hall–Kier alpha value is -2.03. The maximum absolute atomic E-state index is 11.2. The van der Waals surface area contributed by atoms with Crippen molar-refractivity contribution in [3.8, 4) is 0 Å². The summed E-state index contributed by atoms with van der Waals surface area (Å²) < 4.78 is 4.64. The number of rotatable bonds is 3. The third-order valence-electron chi connectivity index (χ3n) is 2.40. The fourth-order valence-corrected chi connectivity index (χ4v) is 1.60. The standard InChI is InChI=1S/C13H13NO2/c1-16-13(15)11-8-12(14-9-11)7-10-5-3-2-4-6-10/h2-6,8-9,14H,7H2,1H3. The topological polar surface area (TPSA) is 42.1 Å². The molecule has 16 heavy (non-hydrogen) atoms. The van der Waals surface area contributed by atoms with Gasteiger partial charge in [0.1, 0.15) is 0 Å². The summed E-state index contributed by atoms with van der Waals surface area (Å²) in [6, 6.07) is 11.9. The summed E-state index contributed by atoms with van der Waals surface area (Å²) in [6.45, 7) is 0. The van der Waals surface area contributed by atoms with Crippen molar-refractivity contribution in [2.24, 2.45) is 0 Å². The van der Waals surface area contributed by atoms with Gasteiger partial charge in [0.05, 0.1) is 12.7 Å². The SMILES string of the molecule is COC(=O)c1c[nH]c(Cc2ccccc2)c1. The molecule has 82 valence electrons. The lowest BCUT2D eigenvalue weighted by Gasteiger charge is -1.97. The lowest BCUT2D eigenvalue weighted by molar-refractivity contribution is 0.0601. The number of esters is 1. The summed E-state index contributed by atoms with van der Waals surface area (Å²) >= 11 is 0. The van der Waals surface area contributed by atoms with Crippen LogP contribution in [-0.4, -0.2) is 18.1 Å². The minimum atomic E-state index is -0.310. The van der Waals surface area contributed by atoms with E-state index in [0.717, 1.165) is 12.1 Å². The predicted molar refractivity (Wildman–Crippen MR) is 61.4 cm³/mol. The van der Waals surface area contributed by atoms with Gasteiger partial charge in [-0.3, -0.25) is 0 Å². The molecule has 0 spiro atoms. The molecule has 1 heterocycles. The van der Waals surface area contributed by atoms with Crippen LogP contribution in [0.1, 0.15) is 21.6 Å². The van der Waals surface area contributed by atoms with Gasteiger partial charge in [-0.05, 0) is 11.6 Å². The molecular weight excluding hydrogens is 202 g/mol. The van der Waals surface area contributed by atoms with E-state index in [2.05, 4.69) is 21.9 Å². The molecule has 1 N–H and O–H groups in total. The number of carbonyl (C=O) groups excluding carboxylic acids is 1. The fraction of sp³-hybridized carbons (Fsp3) is 0.154. The Labute approximate surface area is 94.1 Å². The Bertz CT molecular complexity index is 474. The number of benzene rings is 1. The summed E-state index contributed by atoms with van der Waals surface area (Å²) in [7, 11) is 1.38. The first-order chi connectivity index (χ1) is 7.79. The molecule has 0 bridgehead atoms. The summed E-state index contributed by atoms with van der Waals surface area (Å²) in [5.41, 5.74) is 2.78. The van der Waals surface area contributed by atoms with Gasteiger partial charge in [-0.2, -0.15) is 0 Å². The van der Waals surface area contributed by atoms with Gasteiger partial charge >= 0.3 is 5.97 Å². The molecule has 0 unspecified atom stereocenters. The summed E-state index contributed by atoms with van der Waals surface area (Å²) in [4.78, 5) is 14.3. The maximum atomic E-state index is 11.2. The third kappa shape index (κ3) is 2.31. The smallest absolute Gasteiger partial charge is 0.339 e. The van der Waals surface area contributed by atoms with Gasteiger partial charge < -0.3 is 9.72 Å². The van der Waals surface area contributed by atoms with E-state index in [1.54, 1.807) is 6.20 Å². The van der Waals surface area contributed by atoms with Crippen LogP contribution in [0.3, 0.4) is 0 Å². The number of nitrogens with one attached hydrogen (secondary N) is 1. The molecule has 3 heteroatoms. The first-order valence-electron chi connectivity index (χ1n) is 5.09. The fourth-order valence-electron chi connectivity index (χ4n) is 1.60. The summed E-state index contributed by atoms with van der Waals surface area (Å²) in [5, 5.41) is 0. The van der Waals surface area contributed by atoms with Crippen LogP contribution in [0, 0.1) is 0 Å². The third-order valence-corrected chi connectivity index (χ3v) is 2.40. The lowest BCUT2D eigenvalue weighted by Crippen LogP contribution is -1.98. The molecule has 0 radical (unpaired) electrons. The van der Waals surface area contributed by atoms with Gasteiger partial charge in [0, 0.05) is 18.3 Å². The number of aromatic amines is 1. The maximum Gasteiger partial charge on any atom is 0.339 e. The van der Waals surface area contributed by atoms with E-state index in [9.17, 15) is 4.79 Å². The minimum Gasteiger partial charge on any atom is -0.465 e. The monoisotopic (exact) mass is 215 g/mol.